The van der Waals surface area contributed by atoms with Gasteiger partial charge >= 0.3 is 0 Å². The number of carbonyl (C=O) groups is 2. The van der Waals surface area contributed by atoms with Crippen LogP contribution in [0, 0.1) is 5.92 Å². The van der Waals surface area contributed by atoms with E-state index in [1.54, 1.807) is 6.08 Å². The summed E-state index contributed by atoms with van der Waals surface area (Å²) in [5.41, 5.74) is 3.12. The van der Waals surface area contributed by atoms with Gasteiger partial charge in [-0.05, 0) is 59.5 Å². The number of hydrogen-bond donors (Lipinski definition) is 1. The molecule has 1 fully saturated rings. The lowest BCUT2D eigenvalue weighted by atomic mass is 10.0. The highest BCUT2D eigenvalue weighted by atomic mass is 32.2. The smallest absolute Gasteiger partial charge is 0.290 e. The average molecular weight is 382 g/mol. The summed E-state index contributed by atoms with van der Waals surface area (Å²) in [4.78, 5) is 27.6. The first-order valence-corrected chi connectivity index (χ1v) is 9.73. The molecule has 0 bridgehead atoms. The molecule has 6 heteroatoms. The van der Waals surface area contributed by atoms with E-state index in [4.69, 9.17) is 4.74 Å². The van der Waals surface area contributed by atoms with E-state index in [1.165, 1.54) is 5.56 Å². The van der Waals surface area contributed by atoms with E-state index in [9.17, 15) is 9.59 Å². The van der Waals surface area contributed by atoms with Gasteiger partial charge in [-0.15, -0.1) is 0 Å². The van der Waals surface area contributed by atoms with Gasteiger partial charge in [-0.3, -0.25) is 19.9 Å². The van der Waals surface area contributed by atoms with Crippen LogP contribution in [0.5, 0.6) is 5.75 Å². The number of benzene rings is 1. The zero-order valence-electron chi connectivity index (χ0n) is 15.4. The number of nitrogens with one attached hydrogen (secondary N) is 1. The lowest BCUT2D eigenvalue weighted by molar-refractivity contribution is -0.115. The minimum atomic E-state index is -0.350. The monoisotopic (exact) mass is 382 g/mol. The molecule has 0 atom stereocenters. The fourth-order valence-corrected chi connectivity index (χ4v) is 3.38. The van der Waals surface area contributed by atoms with Crippen LogP contribution in [-0.4, -0.2) is 22.7 Å². The van der Waals surface area contributed by atoms with Gasteiger partial charge in [0.15, 0.2) is 0 Å². The Labute approximate surface area is 163 Å². The number of rotatable bonds is 7. The Morgan fingerprint density at radius 3 is 2.52 bits per heavy atom. The maximum atomic E-state index is 11.6. The second-order valence-corrected chi connectivity index (χ2v) is 7.79. The molecule has 0 unspecified atom stereocenters. The Bertz CT molecular complexity index is 843. The van der Waals surface area contributed by atoms with E-state index >= 15 is 0 Å². The highest BCUT2D eigenvalue weighted by Gasteiger charge is 2.24. The van der Waals surface area contributed by atoms with Crippen molar-refractivity contribution in [3.8, 4) is 5.75 Å². The van der Waals surface area contributed by atoms with Crippen LogP contribution in [0.1, 0.15) is 30.7 Å². The maximum Gasteiger partial charge on any atom is 0.290 e. The topological polar surface area (TPSA) is 68.3 Å². The minimum absolute atomic E-state index is 0.336. The number of amides is 2. The Morgan fingerprint density at radius 1 is 1.15 bits per heavy atom. The van der Waals surface area contributed by atoms with E-state index < -0.39 is 0 Å². The molecule has 27 heavy (non-hydrogen) atoms. The third-order valence-electron chi connectivity index (χ3n) is 3.98. The van der Waals surface area contributed by atoms with Crippen molar-refractivity contribution >= 4 is 29.0 Å². The molecule has 140 valence electrons. The molecule has 1 aliphatic rings. The lowest BCUT2D eigenvalue weighted by Crippen LogP contribution is -2.17. The standard InChI is InChI=1S/C21H22N2O3S/c1-14(2)11-16-3-6-17(22-13-16)9-10-26-18-7-4-15(5-8-18)12-19-20(24)23-21(25)27-19/h3-8,12-14H,9-11H2,1-2H3,(H,23,24,25). The molecule has 1 aromatic carbocycles. The number of aromatic nitrogens is 1. The summed E-state index contributed by atoms with van der Waals surface area (Å²) in [5, 5.41) is 1.90. The molecule has 2 amide bonds. The van der Waals surface area contributed by atoms with Gasteiger partial charge in [-0.25, -0.2) is 0 Å². The van der Waals surface area contributed by atoms with Crippen LogP contribution in [-0.2, 0) is 17.6 Å². The van der Waals surface area contributed by atoms with Crippen molar-refractivity contribution in [1.29, 1.82) is 0 Å². The average Bonchev–Trinajstić information content (AvgIpc) is 2.94. The highest BCUT2D eigenvalue weighted by Crippen LogP contribution is 2.26. The molecule has 0 aliphatic carbocycles. The fourth-order valence-electron chi connectivity index (χ4n) is 2.70. The van der Waals surface area contributed by atoms with Crippen LogP contribution in [0.15, 0.2) is 47.5 Å². The molecule has 2 heterocycles. The number of imide groups is 1. The van der Waals surface area contributed by atoms with E-state index in [2.05, 4.69) is 36.3 Å². The second kappa shape index (κ2) is 8.86. The maximum absolute atomic E-state index is 11.6. The van der Waals surface area contributed by atoms with Crippen LogP contribution in [0.4, 0.5) is 4.79 Å². The Hall–Kier alpha value is -2.60. The zero-order valence-corrected chi connectivity index (χ0v) is 16.2. The first kappa shape index (κ1) is 19.2. The van der Waals surface area contributed by atoms with Gasteiger partial charge in [-0.2, -0.15) is 0 Å². The number of pyridine rings is 1. The largest absolute Gasteiger partial charge is 0.493 e. The number of ether oxygens (including phenoxy) is 1. The van der Waals surface area contributed by atoms with Gasteiger partial charge in [0.25, 0.3) is 11.1 Å². The second-order valence-electron chi connectivity index (χ2n) is 6.78. The van der Waals surface area contributed by atoms with Crippen molar-refractivity contribution < 1.29 is 14.3 Å². The predicted molar refractivity (Wildman–Crippen MR) is 108 cm³/mol. The van der Waals surface area contributed by atoms with Gasteiger partial charge in [0.1, 0.15) is 5.75 Å². The molecule has 1 aliphatic heterocycles. The molecule has 5 nitrogen and oxygen atoms in total. The first-order chi connectivity index (χ1) is 13.0. The summed E-state index contributed by atoms with van der Waals surface area (Å²) in [6.45, 7) is 4.94. The highest BCUT2D eigenvalue weighted by molar-refractivity contribution is 8.18. The van der Waals surface area contributed by atoms with Crippen molar-refractivity contribution in [2.75, 3.05) is 6.61 Å². The van der Waals surface area contributed by atoms with Crippen LogP contribution in [0.25, 0.3) is 6.08 Å². The quantitative estimate of drug-likeness (QED) is 0.726. The van der Waals surface area contributed by atoms with E-state index in [0.29, 0.717) is 17.4 Å². The molecule has 3 rings (SSSR count). The van der Waals surface area contributed by atoms with E-state index in [1.807, 2.05) is 30.5 Å². The van der Waals surface area contributed by atoms with E-state index in [0.717, 1.165) is 41.6 Å². The third-order valence-corrected chi connectivity index (χ3v) is 4.79. The molecule has 1 saturated heterocycles. The molecular formula is C21H22N2O3S. The predicted octanol–water partition coefficient (Wildman–Crippen LogP) is 4.23. The SMILES string of the molecule is CC(C)Cc1ccc(CCOc2ccc(C=C3SC(=O)NC3=O)cc2)nc1. The molecule has 1 N–H and O–H groups in total. The number of thioether (sulfide) groups is 1. The molecule has 0 saturated carbocycles. The summed E-state index contributed by atoms with van der Waals surface area (Å²) in [6, 6.07) is 11.6. The molecule has 2 aromatic rings. The number of hydrogen-bond acceptors (Lipinski definition) is 5. The summed E-state index contributed by atoms with van der Waals surface area (Å²) in [7, 11) is 0. The molecule has 1 aromatic heterocycles. The van der Waals surface area contributed by atoms with Gasteiger partial charge < -0.3 is 4.74 Å². The van der Waals surface area contributed by atoms with Gasteiger partial charge in [-0.1, -0.05) is 32.0 Å². The van der Waals surface area contributed by atoms with Crippen molar-refractivity contribution in [2.45, 2.75) is 26.7 Å². The Morgan fingerprint density at radius 2 is 1.93 bits per heavy atom. The van der Waals surface area contributed by atoms with Crippen LogP contribution in [0.3, 0.4) is 0 Å². The summed E-state index contributed by atoms with van der Waals surface area (Å²) < 4.78 is 5.77. The van der Waals surface area contributed by atoms with Crippen molar-refractivity contribution in [3.05, 3.63) is 64.3 Å². The van der Waals surface area contributed by atoms with Crippen molar-refractivity contribution in [2.24, 2.45) is 5.92 Å². The third kappa shape index (κ3) is 5.69. The van der Waals surface area contributed by atoms with Crippen LogP contribution >= 0.6 is 11.8 Å². The Kier molecular flexibility index (Phi) is 6.29. The van der Waals surface area contributed by atoms with Gasteiger partial charge in [0.2, 0.25) is 0 Å². The fraction of sp³-hybridized carbons (Fsp3) is 0.286. The summed E-state index contributed by atoms with van der Waals surface area (Å²) in [5.74, 6) is 1.03. The van der Waals surface area contributed by atoms with Gasteiger partial charge in [0.05, 0.1) is 11.5 Å². The minimum Gasteiger partial charge on any atom is -0.493 e. The normalized spacial score (nSPS) is 15.4. The number of carbonyl (C=O) groups excluding carboxylic acids is 2. The molecular weight excluding hydrogens is 360 g/mol. The van der Waals surface area contributed by atoms with Crippen molar-refractivity contribution in [3.63, 3.8) is 0 Å². The number of nitrogens with zero attached hydrogens (tertiary/aromatic N) is 1. The van der Waals surface area contributed by atoms with Crippen molar-refractivity contribution in [1.82, 2.24) is 10.3 Å². The summed E-state index contributed by atoms with van der Waals surface area (Å²) in [6.07, 6.45) is 5.42. The first-order valence-electron chi connectivity index (χ1n) is 8.91. The summed E-state index contributed by atoms with van der Waals surface area (Å²) >= 11 is 0.912. The van der Waals surface area contributed by atoms with E-state index in [-0.39, 0.29) is 11.1 Å². The zero-order chi connectivity index (χ0) is 19.2. The van der Waals surface area contributed by atoms with Crippen LogP contribution in [0.2, 0.25) is 0 Å². The van der Waals surface area contributed by atoms with Gasteiger partial charge in [0, 0.05) is 18.3 Å². The Balaban J connectivity index is 1.50. The molecule has 0 radical (unpaired) electrons. The molecule has 0 spiro atoms. The van der Waals surface area contributed by atoms with Crippen LogP contribution < -0.4 is 10.1 Å². The lowest BCUT2D eigenvalue weighted by Gasteiger charge is -2.08.